The number of hydrogen-bond acceptors (Lipinski definition) is 5. The van der Waals surface area contributed by atoms with Crippen molar-refractivity contribution in [3.63, 3.8) is 0 Å². The summed E-state index contributed by atoms with van der Waals surface area (Å²) in [6.45, 7) is 4.86. The fourth-order valence-corrected chi connectivity index (χ4v) is 2.63. The quantitative estimate of drug-likeness (QED) is 0.703. The highest BCUT2D eigenvalue weighted by Gasteiger charge is 2.27. The van der Waals surface area contributed by atoms with Crippen LogP contribution in [0, 0.1) is 24.2 Å². The van der Waals surface area contributed by atoms with Crippen LogP contribution in [-0.4, -0.2) is 30.4 Å². The van der Waals surface area contributed by atoms with E-state index in [1.165, 1.54) is 6.07 Å². The number of carbonyl (C=O) groups excluding carboxylic acids is 3. The molecule has 1 atom stereocenters. The maximum Gasteiger partial charge on any atom is 0.329 e. The molecular formula is C22H23N3O4. The molecule has 7 heteroatoms. The second-order valence-electron chi connectivity index (χ2n) is 6.86. The van der Waals surface area contributed by atoms with Gasteiger partial charge in [0.25, 0.3) is 11.8 Å². The minimum Gasteiger partial charge on any atom is -0.454 e. The zero-order chi connectivity index (χ0) is 21.4. The van der Waals surface area contributed by atoms with Crippen LogP contribution in [0.3, 0.4) is 0 Å². The largest absolute Gasteiger partial charge is 0.454 e. The van der Waals surface area contributed by atoms with Crippen molar-refractivity contribution < 1.29 is 19.1 Å². The molecule has 0 aliphatic carbocycles. The number of hydrogen-bond donors (Lipinski definition) is 2. The third kappa shape index (κ3) is 6.18. The maximum absolute atomic E-state index is 12.5. The first-order chi connectivity index (χ1) is 13.8. The van der Waals surface area contributed by atoms with Crippen molar-refractivity contribution in [1.29, 1.82) is 5.26 Å². The minimum atomic E-state index is -0.892. The van der Waals surface area contributed by atoms with Gasteiger partial charge in [0.15, 0.2) is 6.61 Å². The Morgan fingerprint density at radius 1 is 1.10 bits per heavy atom. The molecule has 0 heterocycles. The standard InChI is InChI=1S/C22H23N3O4/c1-14(2)20(25-21(27)18-10-5-4-7-15(18)3)22(28)29-13-19(26)24-17-9-6-8-16(11-17)12-23/h4-11,14,20H,13H2,1-3H3,(H,24,26)(H,25,27)/t20-/m0/s1. The molecule has 2 rings (SSSR count). The van der Waals surface area contributed by atoms with E-state index in [4.69, 9.17) is 10.00 Å². The molecule has 0 aliphatic rings. The molecule has 0 bridgehead atoms. The Bertz CT molecular complexity index is 947. The van der Waals surface area contributed by atoms with Crippen molar-refractivity contribution in [1.82, 2.24) is 5.32 Å². The summed E-state index contributed by atoms with van der Waals surface area (Å²) >= 11 is 0. The van der Waals surface area contributed by atoms with Crippen molar-refractivity contribution in [2.24, 2.45) is 5.92 Å². The summed E-state index contributed by atoms with van der Waals surface area (Å²) in [5, 5.41) is 14.1. The molecule has 150 valence electrons. The second-order valence-corrected chi connectivity index (χ2v) is 6.86. The third-order valence-corrected chi connectivity index (χ3v) is 4.22. The van der Waals surface area contributed by atoms with E-state index < -0.39 is 24.5 Å². The molecule has 7 nitrogen and oxygen atoms in total. The van der Waals surface area contributed by atoms with E-state index in [9.17, 15) is 14.4 Å². The molecule has 0 aliphatic heterocycles. The molecule has 0 spiro atoms. The van der Waals surface area contributed by atoms with Gasteiger partial charge in [0.05, 0.1) is 11.6 Å². The Balaban J connectivity index is 1.95. The van der Waals surface area contributed by atoms with Gasteiger partial charge >= 0.3 is 5.97 Å². The average Bonchev–Trinajstić information content (AvgIpc) is 2.70. The first-order valence-corrected chi connectivity index (χ1v) is 9.15. The van der Waals surface area contributed by atoms with E-state index >= 15 is 0 Å². The first-order valence-electron chi connectivity index (χ1n) is 9.15. The lowest BCUT2D eigenvalue weighted by Gasteiger charge is -2.21. The van der Waals surface area contributed by atoms with Crippen molar-refractivity contribution in [2.75, 3.05) is 11.9 Å². The molecule has 2 aromatic rings. The highest BCUT2D eigenvalue weighted by molar-refractivity contribution is 5.98. The minimum absolute atomic E-state index is 0.231. The number of carbonyl (C=O) groups is 3. The second kappa shape index (κ2) is 10.0. The van der Waals surface area contributed by atoms with Crippen LogP contribution in [0.25, 0.3) is 0 Å². The van der Waals surface area contributed by atoms with Gasteiger partial charge < -0.3 is 15.4 Å². The predicted molar refractivity (Wildman–Crippen MR) is 108 cm³/mol. The molecule has 2 N–H and O–H groups in total. The van der Waals surface area contributed by atoms with Gasteiger partial charge in [0, 0.05) is 11.3 Å². The molecule has 0 radical (unpaired) electrons. The van der Waals surface area contributed by atoms with Gasteiger partial charge in [-0.25, -0.2) is 4.79 Å². The molecular weight excluding hydrogens is 370 g/mol. The summed E-state index contributed by atoms with van der Waals surface area (Å²) in [4.78, 5) is 37.0. The van der Waals surface area contributed by atoms with E-state index in [0.717, 1.165) is 5.56 Å². The van der Waals surface area contributed by atoms with E-state index in [2.05, 4.69) is 10.6 Å². The fraction of sp³-hybridized carbons (Fsp3) is 0.273. The van der Waals surface area contributed by atoms with Crippen molar-refractivity contribution in [2.45, 2.75) is 26.8 Å². The lowest BCUT2D eigenvalue weighted by atomic mass is 10.0. The fourth-order valence-electron chi connectivity index (χ4n) is 2.63. The molecule has 2 aromatic carbocycles. The number of aryl methyl sites for hydroxylation is 1. The van der Waals surface area contributed by atoms with Crippen LogP contribution in [-0.2, 0) is 14.3 Å². The highest BCUT2D eigenvalue weighted by Crippen LogP contribution is 2.11. The number of amides is 2. The molecule has 0 unspecified atom stereocenters. The van der Waals surface area contributed by atoms with Crippen molar-refractivity contribution in [3.05, 3.63) is 65.2 Å². The first kappa shape index (κ1) is 21.6. The lowest BCUT2D eigenvalue weighted by molar-refractivity contribution is -0.150. The van der Waals surface area contributed by atoms with Crippen LogP contribution >= 0.6 is 0 Å². The monoisotopic (exact) mass is 393 g/mol. The van der Waals surface area contributed by atoms with Crippen LogP contribution < -0.4 is 10.6 Å². The topological polar surface area (TPSA) is 108 Å². The molecule has 29 heavy (non-hydrogen) atoms. The van der Waals surface area contributed by atoms with Gasteiger partial charge in [0.2, 0.25) is 0 Å². The van der Waals surface area contributed by atoms with Crippen LogP contribution in [0.2, 0.25) is 0 Å². The van der Waals surface area contributed by atoms with Crippen LogP contribution in [0.4, 0.5) is 5.69 Å². The predicted octanol–water partition coefficient (Wildman–Crippen LogP) is 2.80. The SMILES string of the molecule is Cc1ccccc1C(=O)N[C@H](C(=O)OCC(=O)Nc1cccc(C#N)c1)C(C)C. The van der Waals surface area contributed by atoms with Gasteiger partial charge in [-0.2, -0.15) is 5.26 Å². The lowest BCUT2D eigenvalue weighted by Crippen LogP contribution is -2.46. The summed E-state index contributed by atoms with van der Waals surface area (Å²) in [6, 6.07) is 14.5. The number of esters is 1. The Labute approximate surface area is 169 Å². The summed E-state index contributed by atoms with van der Waals surface area (Å²) < 4.78 is 5.09. The van der Waals surface area contributed by atoms with Gasteiger partial charge in [-0.3, -0.25) is 9.59 Å². The van der Waals surface area contributed by atoms with Crippen LogP contribution in [0.15, 0.2) is 48.5 Å². The maximum atomic E-state index is 12.5. The van der Waals surface area contributed by atoms with Crippen LogP contribution in [0.5, 0.6) is 0 Å². The Hall–Kier alpha value is -3.66. The van der Waals surface area contributed by atoms with Crippen molar-refractivity contribution >= 4 is 23.5 Å². The molecule has 0 saturated carbocycles. The van der Waals surface area contributed by atoms with Gasteiger partial charge in [0.1, 0.15) is 6.04 Å². The molecule has 2 amide bonds. The van der Waals surface area contributed by atoms with Crippen molar-refractivity contribution in [3.8, 4) is 6.07 Å². The summed E-state index contributed by atoms with van der Waals surface area (Å²) in [7, 11) is 0. The molecule has 0 aromatic heterocycles. The number of nitrogens with one attached hydrogen (secondary N) is 2. The van der Waals surface area contributed by atoms with E-state index in [0.29, 0.717) is 16.8 Å². The third-order valence-electron chi connectivity index (χ3n) is 4.22. The Kier molecular flexibility index (Phi) is 7.49. The van der Waals surface area contributed by atoms with E-state index in [1.807, 2.05) is 25.1 Å². The Morgan fingerprint density at radius 3 is 2.48 bits per heavy atom. The molecule has 0 saturated heterocycles. The number of anilines is 1. The normalized spacial score (nSPS) is 11.3. The summed E-state index contributed by atoms with van der Waals surface area (Å²) in [5.41, 5.74) is 2.10. The number of ether oxygens (including phenoxy) is 1. The van der Waals surface area contributed by atoms with Gasteiger partial charge in [-0.05, 0) is 42.7 Å². The van der Waals surface area contributed by atoms with Gasteiger partial charge in [-0.15, -0.1) is 0 Å². The number of nitriles is 1. The number of nitrogens with zero attached hydrogens (tertiary/aromatic N) is 1. The molecule has 0 fully saturated rings. The number of rotatable bonds is 7. The zero-order valence-corrected chi connectivity index (χ0v) is 16.6. The van der Waals surface area contributed by atoms with Gasteiger partial charge in [-0.1, -0.05) is 38.1 Å². The Morgan fingerprint density at radius 2 is 1.83 bits per heavy atom. The highest BCUT2D eigenvalue weighted by atomic mass is 16.5. The van der Waals surface area contributed by atoms with Crippen LogP contribution in [0.1, 0.15) is 35.3 Å². The zero-order valence-electron chi connectivity index (χ0n) is 16.6. The summed E-state index contributed by atoms with van der Waals surface area (Å²) in [6.07, 6.45) is 0. The smallest absolute Gasteiger partial charge is 0.329 e. The van der Waals surface area contributed by atoms with E-state index in [1.54, 1.807) is 44.2 Å². The number of benzene rings is 2. The summed E-state index contributed by atoms with van der Waals surface area (Å²) in [5.74, 6) is -1.84. The van der Waals surface area contributed by atoms with E-state index in [-0.39, 0.29) is 11.8 Å². The average molecular weight is 393 g/mol.